The fourth-order valence-electron chi connectivity index (χ4n) is 3.09. The third-order valence-electron chi connectivity index (χ3n) is 4.71. The molecule has 0 aliphatic heterocycles. The number of carbonyl (C=O) groups excluding carboxylic acids is 2. The number of Topliss-reactive ketones (excluding diaryl/α,β-unsaturated/α-hetero) is 1. The Morgan fingerprint density at radius 3 is 2.43 bits per heavy atom. The maximum Gasteiger partial charge on any atom is 0.303 e. The van der Waals surface area contributed by atoms with Crippen LogP contribution in [0, 0.1) is 0 Å². The number of aliphatic hydroxyl groups is 1. The highest BCUT2D eigenvalue weighted by molar-refractivity contribution is 6.33. The largest absolute Gasteiger partial charge is 0.506 e. The maximum absolute atomic E-state index is 12.9. The summed E-state index contributed by atoms with van der Waals surface area (Å²) < 4.78 is 5.29. The van der Waals surface area contributed by atoms with Gasteiger partial charge in [-0.05, 0) is 52.9 Å². The monoisotopic (exact) mass is 408 g/mol. The second-order valence-electron chi connectivity index (χ2n) is 7.55. The van der Waals surface area contributed by atoms with Crippen molar-refractivity contribution in [2.45, 2.75) is 85.7 Å². The van der Waals surface area contributed by atoms with E-state index in [1.807, 2.05) is 13.0 Å². The quantitative estimate of drug-likeness (QED) is 0.255. The highest BCUT2D eigenvalue weighted by Crippen LogP contribution is 2.36. The van der Waals surface area contributed by atoms with E-state index in [0.29, 0.717) is 12.0 Å². The number of unbranched alkanes of at least 4 members (excludes halogenated alkanes) is 2. The Bertz CT molecular complexity index is 706. The molecule has 0 radical (unpaired) electrons. The summed E-state index contributed by atoms with van der Waals surface area (Å²) >= 11 is 6.38. The van der Waals surface area contributed by atoms with Crippen LogP contribution < -0.4 is 0 Å². The van der Waals surface area contributed by atoms with Gasteiger partial charge < -0.3 is 9.84 Å². The van der Waals surface area contributed by atoms with Crippen molar-refractivity contribution in [3.63, 3.8) is 0 Å². The molecular weight excluding hydrogens is 376 g/mol. The predicted octanol–water partition coefficient (Wildman–Crippen LogP) is 6.47. The third-order valence-corrected chi connectivity index (χ3v) is 5.13. The first-order valence-corrected chi connectivity index (χ1v) is 10.4. The zero-order valence-corrected chi connectivity index (χ0v) is 18.5. The highest BCUT2D eigenvalue weighted by Gasteiger charge is 2.37. The summed E-state index contributed by atoms with van der Waals surface area (Å²) in [5.74, 6) is -1.10. The molecule has 0 fully saturated rings. The number of hydrogen-bond acceptors (Lipinski definition) is 4. The number of carbonyl (C=O) groups is 2. The van der Waals surface area contributed by atoms with Crippen LogP contribution in [-0.2, 0) is 14.3 Å². The van der Waals surface area contributed by atoms with Gasteiger partial charge >= 0.3 is 5.97 Å². The van der Waals surface area contributed by atoms with Gasteiger partial charge in [0.2, 0.25) is 5.78 Å². The van der Waals surface area contributed by atoms with Crippen LogP contribution in [0.1, 0.15) is 79.6 Å². The predicted molar refractivity (Wildman–Crippen MR) is 114 cm³/mol. The number of ketones is 1. The molecule has 0 bridgehead atoms. The Kier molecular flexibility index (Phi) is 10.3. The maximum atomic E-state index is 12.9. The lowest BCUT2D eigenvalue weighted by Crippen LogP contribution is -2.34. The molecule has 0 aromatic heterocycles. The molecule has 0 heterocycles. The molecule has 1 aliphatic rings. The van der Waals surface area contributed by atoms with Gasteiger partial charge in [0.25, 0.3) is 0 Å². The molecule has 0 spiro atoms. The zero-order valence-electron chi connectivity index (χ0n) is 17.7. The van der Waals surface area contributed by atoms with Gasteiger partial charge in [-0.1, -0.05) is 54.7 Å². The molecule has 28 heavy (non-hydrogen) atoms. The standard InChI is InChI=1S/C23H33ClO4/c1-6-7-8-12-18-20(24)21(26)19(22(27)23(18)28-17(5)25)14-13-16(4)11-9-10-15(2)3/h10,13,23,26H,6-9,11-12,14H2,1-5H3/b16-13+. The average Bonchev–Trinajstić information content (AvgIpc) is 2.61. The molecular formula is C23H33ClO4. The van der Waals surface area contributed by atoms with Crippen molar-refractivity contribution >= 4 is 23.4 Å². The number of allylic oxidation sites excluding steroid dienone is 5. The van der Waals surface area contributed by atoms with Crippen LogP contribution in [0.25, 0.3) is 0 Å². The molecule has 156 valence electrons. The second-order valence-corrected chi connectivity index (χ2v) is 7.93. The van der Waals surface area contributed by atoms with E-state index in [0.717, 1.165) is 37.7 Å². The minimum Gasteiger partial charge on any atom is -0.506 e. The van der Waals surface area contributed by atoms with Gasteiger partial charge in [0.05, 0.1) is 5.03 Å². The fourth-order valence-corrected chi connectivity index (χ4v) is 3.40. The van der Waals surface area contributed by atoms with Crippen LogP contribution in [0.3, 0.4) is 0 Å². The zero-order chi connectivity index (χ0) is 21.3. The van der Waals surface area contributed by atoms with Crippen LogP contribution in [0.2, 0.25) is 0 Å². The molecule has 1 aliphatic carbocycles. The van der Waals surface area contributed by atoms with Crippen molar-refractivity contribution < 1.29 is 19.4 Å². The van der Waals surface area contributed by atoms with Crippen molar-refractivity contribution in [3.05, 3.63) is 45.2 Å². The number of esters is 1. The summed E-state index contributed by atoms with van der Waals surface area (Å²) in [6, 6.07) is 0. The van der Waals surface area contributed by atoms with Crippen molar-refractivity contribution in [1.82, 2.24) is 0 Å². The van der Waals surface area contributed by atoms with Gasteiger partial charge in [0.1, 0.15) is 5.76 Å². The molecule has 1 N–H and O–H groups in total. The Morgan fingerprint density at radius 1 is 1.18 bits per heavy atom. The third kappa shape index (κ3) is 7.31. The molecule has 0 saturated heterocycles. The normalized spacial score (nSPS) is 17.9. The van der Waals surface area contributed by atoms with Crippen molar-refractivity contribution in [1.29, 1.82) is 0 Å². The Labute approximate surface area is 174 Å². The van der Waals surface area contributed by atoms with Gasteiger partial charge in [0.15, 0.2) is 6.10 Å². The molecule has 5 heteroatoms. The molecule has 0 aromatic carbocycles. The van der Waals surface area contributed by atoms with E-state index in [9.17, 15) is 14.7 Å². The number of ether oxygens (including phenoxy) is 1. The summed E-state index contributed by atoms with van der Waals surface area (Å²) in [5.41, 5.74) is 3.11. The summed E-state index contributed by atoms with van der Waals surface area (Å²) in [6.07, 6.45) is 8.46. The molecule has 0 aromatic rings. The first-order valence-electron chi connectivity index (χ1n) is 10.00. The molecule has 4 nitrogen and oxygen atoms in total. The van der Waals surface area contributed by atoms with Gasteiger partial charge in [-0.15, -0.1) is 0 Å². The Hall–Kier alpha value is -1.81. The van der Waals surface area contributed by atoms with Crippen LogP contribution in [-0.4, -0.2) is 23.0 Å². The van der Waals surface area contributed by atoms with Gasteiger partial charge in [-0.25, -0.2) is 0 Å². The van der Waals surface area contributed by atoms with E-state index >= 15 is 0 Å². The summed E-state index contributed by atoms with van der Waals surface area (Å²) in [6.45, 7) is 9.47. The first-order chi connectivity index (χ1) is 13.2. The summed E-state index contributed by atoms with van der Waals surface area (Å²) in [5, 5.41) is 10.7. The topological polar surface area (TPSA) is 63.6 Å². The van der Waals surface area contributed by atoms with E-state index in [4.69, 9.17) is 16.3 Å². The van der Waals surface area contributed by atoms with Gasteiger partial charge in [-0.3, -0.25) is 9.59 Å². The molecule has 1 rings (SSSR count). The molecule has 1 unspecified atom stereocenters. The van der Waals surface area contributed by atoms with E-state index in [1.165, 1.54) is 12.5 Å². The van der Waals surface area contributed by atoms with Crippen molar-refractivity contribution in [2.75, 3.05) is 0 Å². The lowest BCUT2D eigenvalue weighted by atomic mass is 9.87. The number of hydrogen-bond donors (Lipinski definition) is 1. The van der Waals surface area contributed by atoms with E-state index in [1.54, 1.807) is 0 Å². The number of aliphatic hydroxyl groups excluding tert-OH is 1. The van der Waals surface area contributed by atoms with Crippen LogP contribution >= 0.6 is 11.6 Å². The number of halogens is 1. The second kappa shape index (κ2) is 11.9. The highest BCUT2D eigenvalue weighted by atomic mass is 35.5. The minimum atomic E-state index is -1.04. The smallest absolute Gasteiger partial charge is 0.303 e. The van der Waals surface area contributed by atoms with Crippen LogP contribution in [0.5, 0.6) is 0 Å². The van der Waals surface area contributed by atoms with Gasteiger partial charge in [-0.2, -0.15) is 0 Å². The lowest BCUT2D eigenvalue weighted by Gasteiger charge is -2.26. The number of rotatable bonds is 10. The molecule has 0 saturated carbocycles. The Morgan fingerprint density at radius 2 is 1.86 bits per heavy atom. The average molecular weight is 409 g/mol. The van der Waals surface area contributed by atoms with E-state index < -0.39 is 12.1 Å². The minimum absolute atomic E-state index is 0.146. The van der Waals surface area contributed by atoms with Crippen LogP contribution in [0.15, 0.2) is 45.2 Å². The molecule has 0 amide bonds. The molecule has 1 atom stereocenters. The lowest BCUT2D eigenvalue weighted by molar-refractivity contribution is -0.150. The van der Waals surface area contributed by atoms with Crippen LogP contribution in [0.4, 0.5) is 0 Å². The summed E-state index contributed by atoms with van der Waals surface area (Å²) in [7, 11) is 0. The van der Waals surface area contributed by atoms with Gasteiger partial charge in [0, 0.05) is 18.1 Å². The SMILES string of the molecule is CCCCCC1=C(Cl)C(O)=C(C/C=C(\C)CCC=C(C)C)C(=O)C1OC(C)=O. The van der Waals surface area contributed by atoms with E-state index in [2.05, 4.69) is 26.8 Å². The van der Waals surface area contributed by atoms with E-state index in [-0.39, 0.29) is 28.6 Å². The Balaban J connectivity index is 3.07. The fraction of sp³-hybridized carbons (Fsp3) is 0.565. The van der Waals surface area contributed by atoms with Crippen molar-refractivity contribution in [3.8, 4) is 0 Å². The first kappa shape index (κ1) is 24.2. The van der Waals surface area contributed by atoms with Crippen molar-refractivity contribution in [2.24, 2.45) is 0 Å². The summed E-state index contributed by atoms with van der Waals surface area (Å²) in [4.78, 5) is 24.5.